The van der Waals surface area contributed by atoms with E-state index in [1.165, 1.54) is 0 Å². The molecule has 0 atom stereocenters. The Morgan fingerprint density at radius 3 is 2.78 bits per heavy atom. The lowest BCUT2D eigenvalue weighted by Crippen LogP contribution is -2.34. The second kappa shape index (κ2) is 8.31. The molecule has 2 aromatic carbocycles. The van der Waals surface area contributed by atoms with Crippen molar-refractivity contribution < 1.29 is 9.32 Å². The summed E-state index contributed by atoms with van der Waals surface area (Å²) in [6, 6.07) is 15.2. The molecule has 0 spiro atoms. The van der Waals surface area contributed by atoms with E-state index < -0.39 is 0 Å². The number of para-hydroxylation sites is 1. The molecular formula is C21H22N4O2. The van der Waals surface area contributed by atoms with E-state index in [2.05, 4.69) is 22.0 Å². The zero-order valence-corrected chi connectivity index (χ0v) is 15.5. The van der Waals surface area contributed by atoms with Gasteiger partial charge in [-0.3, -0.25) is 0 Å². The molecule has 0 aliphatic heterocycles. The summed E-state index contributed by atoms with van der Waals surface area (Å²) < 4.78 is 5.34. The molecule has 0 radical (unpaired) electrons. The number of anilines is 1. The smallest absolute Gasteiger partial charge is 0.322 e. The van der Waals surface area contributed by atoms with Gasteiger partial charge in [0, 0.05) is 17.8 Å². The fraction of sp³-hybridized carbons (Fsp3) is 0.190. The highest BCUT2D eigenvalue weighted by molar-refractivity contribution is 5.90. The van der Waals surface area contributed by atoms with Crippen LogP contribution in [0.2, 0.25) is 0 Å². The third-order valence-electron chi connectivity index (χ3n) is 4.09. The molecule has 1 heterocycles. The maximum atomic E-state index is 12.7. The average Bonchev–Trinajstić information content (AvgIpc) is 3.12. The maximum Gasteiger partial charge on any atom is 0.322 e. The summed E-state index contributed by atoms with van der Waals surface area (Å²) in [6.07, 6.45) is 1.66. The Hall–Kier alpha value is -3.41. The third kappa shape index (κ3) is 4.61. The molecule has 27 heavy (non-hydrogen) atoms. The summed E-state index contributed by atoms with van der Waals surface area (Å²) in [7, 11) is 0. The second-order valence-electron chi connectivity index (χ2n) is 6.30. The Bertz CT molecular complexity index is 949. The van der Waals surface area contributed by atoms with Gasteiger partial charge in [0.1, 0.15) is 6.54 Å². The number of rotatable bonds is 6. The highest BCUT2D eigenvalue weighted by Crippen LogP contribution is 2.18. The van der Waals surface area contributed by atoms with Gasteiger partial charge in [-0.2, -0.15) is 4.98 Å². The van der Waals surface area contributed by atoms with Gasteiger partial charge in [0.25, 0.3) is 0 Å². The molecule has 1 N–H and O–H groups in total. The summed E-state index contributed by atoms with van der Waals surface area (Å²) in [4.78, 5) is 18.6. The minimum absolute atomic E-state index is 0.197. The van der Waals surface area contributed by atoms with Crippen LogP contribution in [0.1, 0.15) is 17.0 Å². The lowest BCUT2D eigenvalue weighted by atomic mass is 10.1. The van der Waals surface area contributed by atoms with Crippen molar-refractivity contribution in [3.63, 3.8) is 0 Å². The number of urea groups is 1. The summed E-state index contributed by atoms with van der Waals surface area (Å²) in [5.74, 6) is 0.875. The van der Waals surface area contributed by atoms with Gasteiger partial charge < -0.3 is 14.7 Å². The first-order valence-corrected chi connectivity index (χ1v) is 8.69. The highest BCUT2D eigenvalue weighted by atomic mass is 16.5. The number of hydrogen-bond acceptors (Lipinski definition) is 4. The molecule has 6 nitrogen and oxygen atoms in total. The number of carbonyl (C=O) groups is 1. The number of nitrogens with one attached hydrogen (secondary N) is 1. The Kier molecular flexibility index (Phi) is 5.66. The van der Waals surface area contributed by atoms with E-state index in [-0.39, 0.29) is 12.6 Å². The van der Waals surface area contributed by atoms with Crippen molar-refractivity contribution in [3.05, 3.63) is 78.2 Å². The molecule has 0 bridgehead atoms. The van der Waals surface area contributed by atoms with Crippen molar-refractivity contribution in [1.29, 1.82) is 0 Å². The van der Waals surface area contributed by atoms with Crippen LogP contribution >= 0.6 is 0 Å². The third-order valence-corrected chi connectivity index (χ3v) is 4.09. The minimum atomic E-state index is -0.250. The standard InChI is InChI=1S/C21H22N4O2/c1-4-12-25(21(26)22-18-11-6-5-9-16(18)3)14-19-23-20(24-27-19)17-10-7-8-15(2)13-17/h4-11,13H,1,12,14H2,2-3H3,(H,22,26). The highest BCUT2D eigenvalue weighted by Gasteiger charge is 2.18. The number of carbonyl (C=O) groups excluding carboxylic acids is 1. The molecule has 3 rings (SSSR count). The zero-order chi connectivity index (χ0) is 19.2. The predicted molar refractivity (Wildman–Crippen MR) is 105 cm³/mol. The Labute approximate surface area is 158 Å². The van der Waals surface area contributed by atoms with Crippen LogP contribution in [0, 0.1) is 13.8 Å². The summed E-state index contributed by atoms with van der Waals surface area (Å²) in [6.45, 7) is 8.23. The lowest BCUT2D eigenvalue weighted by Gasteiger charge is -2.20. The molecule has 0 saturated carbocycles. The molecular weight excluding hydrogens is 340 g/mol. The van der Waals surface area contributed by atoms with Crippen molar-refractivity contribution >= 4 is 11.7 Å². The van der Waals surface area contributed by atoms with Crippen molar-refractivity contribution in [1.82, 2.24) is 15.0 Å². The van der Waals surface area contributed by atoms with Crippen LogP contribution in [0.25, 0.3) is 11.4 Å². The second-order valence-corrected chi connectivity index (χ2v) is 6.30. The van der Waals surface area contributed by atoms with Gasteiger partial charge in [-0.05, 0) is 31.5 Å². The number of aromatic nitrogens is 2. The van der Waals surface area contributed by atoms with Gasteiger partial charge >= 0.3 is 6.03 Å². The summed E-state index contributed by atoms with van der Waals surface area (Å²) in [5, 5.41) is 6.94. The van der Waals surface area contributed by atoms with E-state index >= 15 is 0 Å². The van der Waals surface area contributed by atoms with Crippen LogP contribution in [-0.4, -0.2) is 27.6 Å². The van der Waals surface area contributed by atoms with Gasteiger partial charge in [-0.1, -0.05) is 53.2 Å². The van der Waals surface area contributed by atoms with Crippen molar-refractivity contribution in [2.45, 2.75) is 20.4 Å². The topological polar surface area (TPSA) is 71.3 Å². The Balaban J connectivity index is 1.74. The summed E-state index contributed by atoms with van der Waals surface area (Å²) in [5.41, 5.74) is 3.75. The van der Waals surface area contributed by atoms with Gasteiger partial charge in [0.15, 0.2) is 0 Å². The number of nitrogens with zero attached hydrogens (tertiary/aromatic N) is 3. The van der Waals surface area contributed by atoms with Crippen molar-refractivity contribution in [2.24, 2.45) is 0 Å². The molecule has 0 saturated heterocycles. The van der Waals surface area contributed by atoms with Crippen LogP contribution in [-0.2, 0) is 6.54 Å². The molecule has 6 heteroatoms. The number of aryl methyl sites for hydroxylation is 2. The minimum Gasteiger partial charge on any atom is -0.337 e. The first-order chi connectivity index (χ1) is 13.1. The fourth-order valence-corrected chi connectivity index (χ4v) is 2.67. The quantitative estimate of drug-likeness (QED) is 0.652. The van der Waals surface area contributed by atoms with E-state index in [1.807, 2.05) is 62.4 Å². The van der Waals surface area contributed by atoms with E-state index in [4.69, 9.17) is 4.52 Å². The maximum absolute atomic E-state index is 12.7. The summed E-state index contributed by atoms with van der Waals surface area (Å²) >= 11 is 0. The van der Waals surface area contributed by atoms with E-state index in [0.29, 0.717) is 18.3 Å². The first kappa shape index (κ1) is 18.4. The van der Waals surface area contributed by atoms with E-state index in [0.717, 1.165) is 22.4 Å². The molecule has 0 fully saturated rings. The molecule has 0 aliphatic carbocycles. The van der Waals surface area contributed by atoms with E-state index in [9.17, 15) is 4.79 Å². The fourth-order valence-electron chi connectivity index (χ4n) is 2.67. The number of amides is 2. The van der Waals surface area contributed by atoms with Gasteiger partial charge in [0.2, 0.25) is 11.7 Å². The predicted octanol–water partition coefficient (Wildman–Crippen LogP) is 4.57. The van der Waals surface area contributed by atoms with Crippen molar-refractivity contribution in [3.8, 4) is 11.4 Å². The van der Waals surface area contributed by atoms with Crippen LogP contribution in [0.4, 0.5) is 10.5 Å². The Morgan fingerprint density at radius 1 is 1.22 bits per heavy atom. The van der Waals surface area contributed by atoms with Gasteiger partial charge in [-0.25, -0.2) is 4.79 Å². The van der Waals surface area contributed by atoms with Crippen LogP contribution in [0.5, 0.6) is 0 Å². The first-order valence-electron chi connectivity index (χ1n) is 8.69. The molecule has 2 amide bonds. The van der Waals surface area contributed by atoms with Crippen molar-refractivity contribution in [2.75, 3.05) is 11.9 Å². The van der Waals surface area contributed by atoms with Gasteiger partial charge in [0.05, 0.1) is 0 Å². The number of benzene rings is 2. The number of hydrogen-bond donors (Lipinski definition) is 1. The lowest BCUT2D eigenvalue weighted by molar-refractivity contribution is 0.206. The molecule has 1 aromatic heterocycles. The van der Waals surface area contributed by atoms with Crippen LogP contribution in [0.15, 0.2) is 65.7 Å². The molecule has 0 aliphatic rings. The zero-order valence-electron chi connectivity index (χ0n) is 15.5. The Morgan fingerprint density at radius 2 is 2.04 bits per heavy atom. The van der Waals surface area contributed by atoms with Crippen LogP contribution in [0.3, 0.4) is 0 Å². The molecule has 3 aromatic rings. The largest absolute Gasteiger partial charge is 0.337 e. The molecule has 138 valence electrons. The normalized spacial score (nSPS) is 10.4. The average molecular weight is 362 g/mol. The SMILES string of the molecule is C=CCN(Cc1nc(-c2cccc(C)c2)no1)C(=O)Nc1ccccc1C. The molecule has 0 unspecified atom stereocenters. The van der Waals surface area contributed by atoms with Gasteiger partial charge in [-0.15, -0.1) is 6.58 Å². The monoisotopic (exact) mass is 362 g/mol. The van der Waals surface area contributed by atoms with E-state index in [1.54, 1.807) is 11.0 Å². The van der Waals surface area contributed by atoms with Crippen LogP contribution < -0.4 is 5.32 Å².